The Balaban J connectivity index is 2.17. The van der Waals surface area contributed by atoms with Crippen molar-refractivity contribution in [3.63, 3.8) is 0 Å². The molecule has 29 heavy (non-hydrogen) atoms. The molecule has 3 aromatic rings. The lowest BCUT2D eigenvalue weighted by molar-refractivity contribution is -0.118. The zero-order chi connectivity index (χ0) is 21.1. The third-order valence-corrected chi connectivity index (χ3v) is 6.77. The average molecular weight is 427 g/mol. The Bertz CT molecular complexity index is 1190. The minimum absolute atomic E-state index is 0.0419. The number of nitrogens with zero attached hydrogens (tertiary/aromatic N) is 3. The number of thioether (sulfide) groups is 1. The van der Waals surface area contributed by atoms with Crippen LogP contribution in [-0.4, -0.2) is 27.8 Å². The number of carbonyl (C=O) groups excluding carboxylic acids is 1. The van der Waals surface area contributed by atoms with Gasteiger partial charge in [0.25, 0.3) is 5.56 Å². The molecule has 1 N–H and O–H groups in total. The summed E-state index contributed by atoms with van der Waals surface area (Å²) in [5, 5.41) is 12.3. The summed E-state index contributed by atoms with van der Waals surface area (Å²) < 4.78 is 1.60. The van der Waals surface area contributed by atoms with E-state index >= 15 is 0 Å². The van der Waals surface area contributed by atoms with Gasteiger partial charge in [-0.3, -0.25) is 14.2 Å². The predicted molar refractivity (Wildman–Crippen MR) is 118 cm³/mol. The first-order valence-electron chi connectivity index (χ1n) is 9.26. The number of thiophene rings is 1. The number of amides is 1. The monoisotopic (exact) mass is 426 g/mol. The number of carbonyl (C=O) groups is 1. The fraction of sp³-hybridized carbons (Fsp3) is 0.333. The molecule has 6 nitrogen and oxygen atoms in total. The topological polar surface area (TPSA) is 87.8 Å². The van der Waals surface area contributed by atoms with Gasteiger partial charge in [-0.15, -0.1) is 11.3 Å². The fourth-order valence-corrected chi connectivity index (χ4v) is 5.13. The molecule has 1 amide bonds. The molecule has 2 aromatic heterocycles. The summed E-state index contributed by atoms with van der Waals surface area (Å²) in [6.45, 7) is 8.03. The van der Waals surface area contributed by atoms with Gasteiger partial charge in [-0.25, -0.2) is 4.98 Å². The number of benzene rings is 1. The minimum atomic E-state index is -0.269. The molecule has 150 valence electrons. The number of fused-ring (bicyclic) bond motifs is 1. The van der Waals surface area contributed by atoms with E-state index in [0.717, 1.165) is 33.7 Å². The summed E-state index contributed by atoms with van der Waals surface area (Å²) in [5.74, 6) is -0.190. The number of aryl methyl sites for hydroxylation is 4. The first-order valence-corrected chi connectivity index (χ1v) is 11.1. The molecule has 0 bridgehead atoms. The molecule has 0 aliphatic carbocycles. The second-order valence-corrected chi connectivity index (χ2v) is 8.84. The van der Waals surface area contributed by atoms with Crippen molar-refractivity contribution in [3.05, 3.63) is 50.1 Å². The lowest BCUT2D eigenvalue weighted by Gasteiger charge is -2.13. The number of hydrogen-bond acceptors (Lipinski definition) is 6. The fourth-order valence-electron chi connectivity index (χ4n) is 3.13. The molecule has 0 atom stereocenters. The minimum Gasteiger partial charge on any atom is -0.342 e. The summed E-state index contributed by atoms with van der Waals surface area (Å²) in [7, 11) is 0. The molecule has 0 saturated carbocycles. The van der Waals surface area contributed by atoms with Crippen molar-refractivity contribution < 1.29 is 4.79 Å². The zero-order valence-corrected chi connectivity index (χ0v) is 18.5. The van der Waals surface area contributed by atoms with Crippen LogP contribution in [0.25, 0.3) is 15.9 Å². The Kier molecular flexibility index (Phi) is 6.40. The van der Waals surface area contributed by atoms with E-state index in [-0.39, 0.29) is 23.8 Å². The van der Waals surface area contributed by atoms with Crippen molar-refractivity contribution in [3.8, 4) is 11.8 Å². The molecule has 8 heteroatoms. The molecule has 0 fully saturated rings. The lowest BCUT2D eigenvalue weighted by Crippen LogP contribution is -2.26. The van der Waals surface area contributed by atoms with Gasteiger partial charge >= 0.3 is 0 Å². The van der Waals surface area contributed by atoms with Gasteiger partial charge < -0.3 is 5.32 Å². The molecule has 0 spiro atoms. The molecule has 2 heterocycles. The Morgan fingerprint density at radius 3 is 2.72 bits per heavy atom. The molecule has 0 unspecified atom stereocenters. The van der Waals surface area contributed by atoms with Gasteiger partial charge in [-0.1, -0.05) is 24.8 Å². The summed E-state index contributed by atoms with van der Waals surface area (Å²) in [6.07, 6.45) is 0.763. The zero-order valence-electron chi connectivity index (χ0n) is 16.8. The van der Waals surface area contributed by atoms with Crippen LogP contribution in [0, 0.1) is 32.1 Å². The summed E-state index contributed by atoms with van der Waals surface area (Å²) in [6, 6.07) is 7.74. The summed E-state index contributed by atoms with van der Waals surface area (Å²) >= 11 is 2.71. The van der Waals surface area contributed by atoms with Gasteiger partial charge in [-0.05, 0) is 56.0 Å². The molecular formula is C21H22N4O2S2. The van der Waals surface area contributed by atoms with E-state index in [4.69, 9.17) is 10.2 Å². The molecular weight excluding hydrogens is 404 g/mol. The van der Waals surface area contributed by atoms with Crippen LogP contribution in [0.4, 0.5) is 0 Å². The Hall–Kier alpha value is -2.63. The second kappa shape index (κ2) is 8.80. The molecule has 0 radical (unpaired) electrons. The number of aromatic nitrogens is 2. The van der Waals surface area contributed by atoms with Crippen molar-refractivity contribution in [1.82, 2.24) is 14.9 Å². The highest BCUT2D eigenvalue weighted by Gasteiger charge is 2.20. The largest absolute Gasteiger partial charge is 0.342 e. The summed E-state index contributed by atoms with van der Waals surface area (Å²) in [4.78, 5) is 32.0. The Morgan fingerprint density at radius 2 is 2.07 bits per heavy atom. The SMILES string of the molecule is CCc1c(C)sc2nc(SCC(=O)NCC#N)n(-c3ccc(C)c(C)c3)c(=O)c12. The highest BCUT2D eigenvalue weighted by molar-refractivity contribution is 7.99. The van der Waals surface area contributed by atoms with Gasteiger partial charge in [0.2, 0.25) is 5.91 Å². The van der Waals surface area contributed by atoms with Crippen LogP contribution in [-0.2, 0) is 11.2 Å². The molecule has 3 rings (SSSR count). The predicted octanol–water partition coefficient (Wildman–Crippen LogP) is 3.67. The number of nitrogens with one attached hydrogen (secondary N) is 1. The van der Waals surface area contributed by atoms with E-state index in [0.29, 0.717) is 15.4 Å². The summed E-state index contributed by atoms with van der Waals surface area (Å²) in [5.41, 5.74) is 3.87. The highest BCUT2D eigenvalue weighted by Crippen LogP contribution is 2.30. The van der Waals surface area contributed by atoms with E-state index in [9.17, 15) is 9.59 Å². The maximum Gasteiger partial charge on any atom is 0.267 e. The number of hydrogen-bond donors (Lipinski definition) is 1. The van der Waals surface area contributed by atoms with Crippen LogP contribution in [0.15, 0.2) is 28.2 Å². The van der Waals surface area contributed by atoms with E-state index in [1.807, 2.05) is 52.0 Å². The Labute approximate surface area is 177 Å². The van der Waals surface area contributed by atoms with Gasteiger partial charge in [0.15, 0.2) is 5.16 Å². The molecule has 0 aliphatic rings. The van der Waals surface area contributed by atoms with Crippen LogP contribution in [0.1, 0.15) is 28.5 Å². The van der Waals surface area contributed by atoms with Crippen LogP contribution >= 0.6 is 23.1 Å². The second-order valence-electron chi connectivity index (χ2n) is 6.70. The van der Waals surface area contributed by atoms with Crippen LogP contribution in [0.2, 0.25) is 0 Å². The first kappa shape index (κ1) is 21.1. The normalized spacial score (nSPS) is 10.9. The van der Waals surface area contributed by atoms with Gasteiger partial charge in [-0.2, -0.15) is 5.26 Å². The van der Waals surface area contributed by atoms with Gasteiger partial charge in [0, 0.05) is 4.88 Å². The lowest BCUT2D eigenvalue weighted by atomic mass is 10.1. The third-order valence-electron chi connectivity index (χ3n) is 4.80. The van der Waals surface area contributed by atoms with E-state index in [1.165, 1.54) is 23.1 Å². The van der Waals surface area contributed by atoms with E-state index < -0.39 is 0 Å². The van der Waals surface area contributed by atoms with Crippen molar-refractivity contribution in [2.45, 2.75) is 39.3 Å². The number of nitriles is 1. The van der Waals surface area contributed by atoms with Crippen LogP contribution in [0.3, 0.4) is 0 Å². The van der Waals surface area contributed by atoms with Crippen LogP contribution < -0.4 is 10.9 Å². The maximum absolute atomic E-state index is 13.5. The highest BCUT2D eigenvalue weighted by atomic mass is 32.2. The van der Waals surface area contributed by atoms with Gasteiger partial charge in [0.05, 0.1) is 22.9 Å². The van der Waals surface area contributed by atoms with Crippen molar-refractivity contribution in [2.24, 2.45) is 0 Å². The smallest absolute Gasteiger partial charge is 0.267 e. The van der Waals surface area contributed by atoms with Crippen molar-refractivity contribution in [2.75, 3.05) is 12.3 Å². The van der Waals surface area contributed by atoms with Crippen molar-refractivity contribution in [1.29, 1.82) is 5.26 Å². The van der Waals surface area contributed by atoms with E-state index in [2.05, 4.69) is 5.32 Å². The standard InChI is InChI=1S/C21H22N4O2S2/c1-5-16-14(4)29-19-18(16)20(27)25(15-7-6-12(2)13(3)10-15)21(24-19)28-11-17(26)23-9-8-22/h6-7,10H,5,9,11H2,1-4H3,(H,23,26). The molecule has 0 aliphatic heterocycles. The molecule has 0 saturated heterocycles. The number of rotatable bonds is 6. The van der Waals surface area contributed by atoms with E-state index in [1.54, 1.807) is 4.57 Å². The quantitative estimate of drug-likeness (QED) is 0.369. The average Bonchev–Trinajstić information content (AvgIpc) is 3.02. The van der Waals surface area contributed by atoms with Crippen molar-refractivity contribution >= 4 is 39.2 Å². The third kappa shape index (κ3) is 4.21. The van der Waals surface area contributed by atoms with Crippen LogP contribution in [0.5, 0.6) is 0 Å². The maximum atomic E-state index is 13.5. The first-order chi connectivity index (χ1) is 13.9. The Morgan fingerprint density at radius 1 is 1.31 bits per heavy atom. The van der Waals surface area contributed by atoms with Gasteiger partial charge in [0.1, 0.15) is 11.4 Å². The molecule has 1 aromatic carbocycles.